The molecule has 0 heterocycles. The van der Waals surface area contributed by atoms with Crippen LogP contribution in [0.3, 0.4) is 0 Å². The molecule has 0 bridgehead atoms. The van der Waals surface area contributed by atoms with Gasteiger partial charge in [-0.05, 0) is 70.3 Å². The first kappa shape index (κ1) is 19.8. The zero-order valence-electron chi connectivity index (χ0n) is 16.0. The molecule has 0 aromatic heterocycles. The SMILES string of the molecule is Cc1ccc(OCC(=O)Nc2ccc(OCCCN(C)C)cc2)c(C)c1. The highest BCUT2D eigenvalue weighted by molar-refractivity contribution is 5.91. The molecular formula is C21H28N2O3. The molecule has 0 saturated heterocycles. The molecule has 0 aliphatic rings. The molecule has 1 N–H and O–H groups in total. The van der Waals surface area contributed by atoms with E-state index < -0.39 is 0 Å². The maximum absolute atomic E-state index is 12.1. The van der Waals surface area contributed by atoms with Gasteiger partial charge in [0.25, 0.3) is 5.91 Å². The molecule has 2 aromatic rings. The van der Waals surface area contributed by atoms with E-state index in [4.69, 9.17) is 9.47 Å². The molecular weight excluding hydrogens is 328 g/mol. The maximum Gasteiger partial charge on any atom is 0.262 e. The number of nitrogens with zero attached hydrogens (tertiary/aromatic N) is 1. The van der Waals surface area contributed by atoms with Gasteiger partial charge in [-0.1, -0.05) is 17.7 Å². The summed E-state index contributed by atoms with van der Waals surface area (Å²) in [5, 5.41) is 2.83. The van der Waals surface area contributed by atoms with Gasteiger partial charge in [-0.25, -0.2) is 0 Å². The Morgan fingerprint density at radius 2 is 1.77 bits per heavy atom. The monoisotopic (exact) mass is 356 g/mol. The number of amides is 1. The van der Waals surface area contributed by atoms with E-state index in [1.807, 2.05) is 70.4 Å². The smallest absolute Gasteiger partial charge is 0.262 e. The van der Waals surface area contributed by atoms with Gasteiger partial charge < -0.3 is 19.7 Å². The lowest BCUT2D eigenvalue weighted by Crippen LogP contribution is -2.20. The van der Waals surface area contributed by atoms with Gasteiger partial charge in [0.2, 0.25) is 0 Å². The van der Waals surface area contributed by atoms with Crippen LogP contribution in [-0.4, -0.2) is 44.7 Å². The topological polar surface area (TPSA) is 50.8 Å². The van der Waals surface area contributed by atoms with Crippen LogP contribution in [0.2, 0.25) is 0 Å². The summed E-state index contributed by atoms with van der Waals surface area (Å²) in [4.78, 5) is 14.2. The highest BCUT2D eigenvalue weighted by atomic mass is 16.5. The Labute approximate surface area is 155 Å². The Morgan fingerprint density at radius 1 is 1.04 bits per heavy atom. The second kappa shape index (κ2) is 9.82. The van der Waals surface area contributed by atoms with Gasteiger partial charge in [0, 0.05) is 12.2 Å². The average molecular weight is 356 g/mol. The number of benzene rings is 2. The summed E-state index contributed by atoms with van der Waals surface area (Å²) in [6.07, 6.45) is 0.973. The zero-order valence-corrected chi connectivity index (χ0v) is 16.0. The molecule has 0 unspecified atom stereocenters. The third kappa shape index (κ3) is 6.76. The Bertz CT molecular complexity index is 712. The zero-order chi connectivity index (χ0) is 18.9. The van der Waals surface area contributed by atoms with Crippen LogP contribution in [0.1, 0.15) is 17.5 Å². The van der Waals surface area contributed by atoms with Crippen LogP contribution in [0.25, 0.3) is 0 Å². The Hall–Kier alpha value is -2.53. The van der Waals surface area contributed by atoms with Gasteiger partial charge in [0.05, 0.1) is 6.61 Å². The van der Waals surface area contributed by atoms with Crippen molar-refractivity contribution < 1.29 is 14.3 Å². The lowest BCUT2D eigenvalue weighted by molar-refractivity contribution is -0.118. The van der Waals surface area contributed by atoms with Gasteiger partial charge in [-0.3, -0.25) is 4.79 Å². The molecule has 5 nitrogen and oxygen atoms in total. The minimum atomic E-state index is -0.190. The van der Waals surface area contributed by atoms with E-state index in [2.05, 4.69) is 10.2 Å². The lowest BCUT2D eigenvalue weighted by Gasteiger charge is -2.12. The number of anilines is 1. The third-order valence-electron chi connectivity index (χ3n) is 3.85. The highest BCUT2D eigenvalue weighted by Crippen LogP contribution is 2.19. The number of hydrogen-bond acceptors (Lipinski definition) is 4. The number of carbonyl (C=O) groups is 1. The van der Waals surface area contributed by atoms with Crippen molar-refractivity contribution in [1.82, 2.24) is 4.90 Å². The van der Waals surface area contributed by atoms with E-state index in [1.165, 1.54) is 5.56 Å². The van der Waals surface area contributed by atoms with Gasteiger partial charge >= 0.3 is 0 Å². The predicted molar refractivity (Wildman–Crippen MR) is 105 cm³/mol. The number of nitrogens with one attached hydrogen (secondary N) is 1. The van der Waals surface area contributed by atoms with Crippen molar-refractivity contribution in [3.63, 3.8) is 0 Å². The lowest BCUT2D eigenvalue weighted by atomic mass is 10.1. The molecule has 0 aliphatic heterocycles. The largest absolute Gasteiger partial charge is 0.494 e. The van der Waals surface area contributed by atoms with Crippen LogP contribution in [0, 0.1) is 13.8 Å². The van der Waals surface area contributed by atoms with Gasteiger partial charge in [0.1, 0.15) is 11.5 Å². The number of rotatable bonds is 9. The van der Waals surface area contributed by atoms with Gasteiger partial charge in [0.15, 0.2) is 6.61 Å². The van der Waals surface area contributed by atoms with E-state index in [0.29, 0.717) is 6.61 Å². The van der Waals surface area contributed by atoms with Crippen LogP contribution in [-0.2, 0) is 4.79 Å². The molecule has 0 saturated carbocycles. The fourth-order valence-electron chi connectivity index (χ4n) is 2.51. The highest BCUT2D eigenvalue weighted by Gasteiger charge is 2.06. The second-order valence-corrected chi connectivity index (χ2v) is 6.64. The van der Waals surface area contributed by atoms with Crippen LogP contribution in [0.15, 0.2) is 42.5 Å². The Balaban J connectivity index is 1.76. The summed E-state index contributed by atoms with van der Waals surface area (Å²) in [7, 11) is 4.09. The van der Waals surface area contributed by atoms with E-state index in [-0.39, 0.29) is 12.5 Å². The van der Waals surface area contributed by atoms with Crippen molar-refractivity contribution in [1.29, 1.82) is 0 Å². The van der Waals surface area contributed by atoms with Crippen molar-refractivity contribution in [3.05, 3.63) is 53.6 Å². The Kier molecular flexibility index (Phi) is 7.48. The van der Waals surface area contributed by atoms with Crippen molar-refractivity contribution in [2.75, 3.05) is 39.2 Å². The second-order valence-electron chi connectivity index (χ2n) is 6.64. The van der Waals surface area contributed by atoms with Crippen molar-refractivity contribution in [2.45, 2.75) is 20.3 Å². The first-order valence-corrected chi connectivity index (χ1v) is 8.81. The van der Waals surface area contributed by atoms with Crippen LogP contribution < -0.4 is 14.8 Å². The maximum atomic E-state index is 12.1. The summed E-state index contributed by atoms with van der Waals surface area (Å²) < 4.78 is 11.3. The number of hydrogen-bond donors (Lipinski definition) is 1. The van der Waals surface area contributed by atoms with Crippen molar-refractivity contribution >= 4 is 11.6 Å². The minimum Gasteiger partial charge on any atom is -0.494 e. The predicted octanol–water partition coefficient (Wildman–Crippen LogP) is 3.65. The van der Waals surface area contributed by atoms with E-state index in [9.17, 15) is 4.79 Å². The quantitative estimate of drug-likeness (QED) is 0.697. The van der Waals surface area contributed by atoms with Crippen molar-refractivity contribution in [3.8, 4) is 11.5 Å². The molecule has 26 heavy (non-hydrogen) atoms. The molecule has 0 fully saturated rings. The summed E-state index contributed by atoms with van der Waals surface area (Å²) in [6, 6.07) is 13.3. The third-order valence-corrected chi connectivity index (χ3v) is 3.85. The van der Waals surface area contributed by atoms with E-state index in [0.717, 1.165) is 35.7 Å². The fourth-order valence-corrected chi connectivity index (χ4v) is 2.51. The average Bonchev–Trinajstić information content (AvgIpc) is 2.59. The molecule has 2 rings (SSSR count). The number of carbonyl (C=O) groups excluding carboxylic acids is 1. The fraction of sp³-hybridized carbons (Fsp3) is 0.381. The van der Waals surface area contributed by atoms with Crippen LogP contribution in [0.4, 0.5) is 5.69 Å². The van der Waals surface area contributed by atoms with Crippen molar-refractivity contribution in [2.24, 2.45) is 0 Å². The molecule has 0 aliphatic carbocycles. The molecule has 1 amide bonds. The van der Waals surface area contributed by atoms with E-state index >= 15 is 0 Å². The van der Waals surface area contributed by atoms with Gasteiger partial charge in [-0.2, -0.15) is 0 Å². The number of aryl methyl sites for hydroxylation is 2. The molecule has 0 radical (unpaired) electrons. The standard InChI is InChI=1S/C21H28N2O3/c1-16-6-11-20(17(2)14-16)26-15-21(24)22-18-7-9-19(10-8-18)25-13-5-12-23(3)4/h6-11,14H,5,12-13,15H2,1-4H3,(H,22,24). The summed E-state index contributed by atoms with van der Waals surface area (Å²) >= 11 is 0. The molecule has 140 valence electrons. The first-order valence-electron chi connectivity index (χ1n) is 8.81. The molecule has 0 spiro atoms. The molecule has 0 atom stereocenters. The summed E-state index contributed by atoms with van der Waals surface area (Å²) in [5.41, 5.74) is 2.91. The summed E-state index contributed by atoms with van der Waals surface area (Å²) in [6.45, 7) is 5.64. The molecule has 2 aromatic carbocycles. The Morgan fingerprint density at radius 3 is 2.42 bits per heavy atom. The summed E-state index contributed by atoms with van der Waals surface area (Å²) in [5.74, 6) is 1.34. The van der Waals surface area contributed by atoms with Crippen LogP contribution in [0.5, 0.6) is 11.5 Å². The molecule has 5 heteroatoms. The normalized spacial score (nSPS) is 10.7. The number of ether oxygens (including phenoxy) is 2. The minimum absolute atomic E-state index is 0.0211. The van der Waals surface area contributed by atoms with E-state index in [1.54, 1.807) is 0 Å². The van der Waals surface area contributed by atoms with Gasteiger partial charge in [-0.15, -0.1) is 0 Å². The first-order chi connectivity index (χ1) is 12.4. The van der Waals surface area contributed by atoms with Crippen LogP contribution >= 0.6 is 0 Å².